The average Bonchev–Trinajstić information content (AvgIpc) is 3.00. The number of aromatic nitrogens is 2. The largest absolute Gasteiger partial charge is 0.305 e. The summed E-state index contributed by atoms with van der Waals surface area (Å²) in [6.07, 6.45) is 2.27. The standard InChI is InChI=1S/C27H30GeN.C11H8N.Ir/c1-27(2,3)17-22-16-26(29-18-25(22)28(4,5)6)21-13-14-24-20(15-21)12-11-19-9-7-8-10-23(19)24;1-2-6-10(7-3-1)11-8-4-5-9-12-11;/h7-12,14-16,18H,17H2,1-6H3;1-6,8-9H;/q2*-1;/i17D2;;. The molecule has 2 nitrogen and oxygen atoms in total. The van der Waals surface area contributed by atoms with Gasteiger partial charge in [-0.3, -0.25) is 0 Å². The number of hydrogen-bond donors (Lipinski definition) is 0. The third kappa shape index (κ3) is 7.83. The van der Waals surface area contributed by atoms with Crippen molar-refractivity contribution in [3.05, 3.63) is 127 Å². The average molecular weight is 790 g/mol. The van der Waals surface area contributed by atoms with Crippen molar-refractivity contribution in [1.82, 2.24) is 9.97 Å². The van der Waals surface area contributed by atoms with E-state index >= 15 is 0 Å². The Bertz CT molecular complexity index is 1820. The van der Waals surface area contributed by atoms with Crippen molar-refractivity contribution in [1.29, 1.82) is 0 Å². The van der Waals surface area contributed by atoms with Crippen LogP contribution in [0.4, 0.5) is 0 Å². The van der Waals surface area contributed by atoms with Crippen molar-refractivity contribution >= 4 is 39.2 Å². The molecule has 0 spiro atoms. The van der Waals surface area contributed by atoms with Gasteiger partial charge in [-0.2, -0.15) is 0 Å². The molecule has 0 fully saturated rings. The van der Waals surface area contributed by atoms with Crippen LogP contribution in [-0.4, -0.2) is 23.2 Å². The fourth-order valence-corrected chi connectivity index (χ4v) is 7.80. The van der Waals surface area contributed by atoms with Crippen molar-refractivity contribution in [2.24, 2.45) is 5.41 Å². The number of pyridine rings is 2. The second-order valence-corrected chi connectivity index (χ2v) is 22.9. The van der Waals surface area contributed by atoms with E-state index in [9.17, 15) is 0 Å². The quantitative estimate of drug-likeness (QED) is 0.101. The fraction of sp³-hybridized carbons (Fsp3) is 0.211. The number of benzene rings is 4. The summed E-state index contributed by atoms with van der Waals surface area (Å²) in [6.45, 7) is 5.92. The van der Waals surface area contributed by atoms with Gasteiger partial charge in [-0.15, -0.1) is 35.9 Å². The first-order valence-electron chi connectivity index (χ1n) is 15.1. The maximum atomic E-state index is 8.98. The van der Waals surface area contributed by atoms with E-state index in [1.807, 2.05) is 81.6 Å². The molecule has 0 aliphatic rings. The van der Waals surface area contributed by atoms with Crippen LogP contribution in [0.2, 0.25) is 17.3 Å². The molecule has 4 heteroatoms. The first-order chi connectivity index (χ1) is 20.4. The van der Waals surface area contributed by atoms with Gasteiger partial charge in [0.25, 0.3) is 0 Å². The number of hydrogen-bond acceptors (Lipinski definition) is 2. The molecule has 0 N–H and O–H groups in total. The number of rotatable bonds is 4. The van der Waals surface area contributed by atoms with Crippen LogP contribution < -0.4 is 4.40 Å². The molecule has 2 aromatic heterocycles. The molecule has 0 aliphatic carbocycles. The molecule has 4 aromatic carbocycles. The van der Waals surface area contributed by atoms with Crippen LogP contribution in [0.3, 0.4) is 0 Å². The molecule has 6 rings (SSSR count). The molecule has 0 saturated carbocycles. The Hall–Kier alpha value is -3.11. The Morgan fingerprint density at radius 3 is 2.17 bits per heavy atom. The van der Waals surface area contributed by atoms with E-state index in [1.54, 1.807) is 6.20 Å². The van der Waals surface area contributed by atoms with Gasteiger partial charge < -0.3 is 4.98 Å². The van der Waals surface area contributed by atoms with Crippen molar-refractivity contribution < 1.29 is 22.8 Å². The Morgan fingerprint density at radius 1 is 0.738 bits per heavy atom. The summed E-state index contributed by atoms with van der Waals surface area (Å²) < 4.78 is 19.1. The van der Waals surface area contributed by atoms with Gasteiger partial charge in [-0.05, 0) is 11.8 Å². The molecule has 42 heavy (non-hydrogen) atoms. The Kier molecular flexibility index (Phi) is 9.29. The zero-order chi connectivity index (χ0) is 30.8. The van der Waals surface area contributed by atoms with E-state index in [0.29, 0.717) is 0 Å². The predicted octanol–water partition coefficient (Wildman–Crippen LogP) is 9.54. The molecule has 0 atom stereocenters. The molecule has 0 saturated heterocycles. The summed E-state index contributed by atoms with van der Waals surface area (Å²) in [4.78, 5) is 9.01. The normalized spacial score (nSPS) is 12.5. The monoisotopic (exact) mass is 791 g/mol. The maximum absolute atomic E-state index is 8.98. The summed E-state index contributed by atoms with van der Waals surface area (Å²) in [6, 6.07) is 39.1. The Morgan fingerprint density at radius 2 is 1.48 bits per heavy atom. The molecule has 215 valence electrons. The predicted molar refractivity (Wildman–Crippen MR) is 178 cm³/mol. The third-order valence-electron chi connectivity index (χ3n) is 6.82. The van der Waals surface area contributed by atoms with E-state index in [0.717, 1.165) is 37.9 Å². The summed E-state index contributed by atoms with van der Waals surface area (Å²) in [5, 5.41) is 4.76. The van der Waals surface area contributed by atoms with Gasteiger partial charge in [0.2, 0.25) is 0 Å². The molecular formula is C38H38GeIrN2-2. The van der Waals surface area contributed by atoms with E-state index in [1.165, 1.54) is 16.2 Å². The number of fused-ring (bicyclic) bond motifs is 3. The molecule has 0 unspecified atom stereocenters. The molecule has 0 aliphatic heterocycles. The van der Waals surface area contributed by atoms with Gasteiger partial charge in [0.15, 0.2) is 0 Å². The van der Waals surface area contributed by atoms with Crippen molar-refractivity contribution in [2.45, 2.75) is 44.4 Å². The first-order valence-corrected chi connectivity index (χ1v) is 21.4. The second-order valence-electron chi connectivity index (χ2n) is 12.4. The van der Waals surface area contributed by atoms with Crippen LogP contribution in [0, 0.1) is 17.5 Å². The SMILES string of the molecule is [2H]C([2H])(c1cc(-c2[c-]cc3c(ccc4ccccc43)c2)nc[c]1[Ge]([CH3])([CH3])[CH3])C(C)(C)C.[Ir].[c-]1ccccc1-c1ccccn1. The van der Waals surface area contributed by atoms with Crippen molar-refractivity contribution in [3.63, 3.8) is 0 Å². The smallest absolute Gasteiger partial charge is 0.0160 e. The zero-order valence-corrected chi connectivity index (χ0v) is 29.6. The van der Waals surface area contributed by atoms with Gasteiger partial charge >= 0.3 is 180 Å². The Balaban J connectivity index is 0.000000284. The minimum Gasteiger partial charge on any atom is -0.305 e. The molecule has 2 heterocycles. The first kappa shape index (κ1) is 29.0. The van der Waals surface area contributed by atoms with Crippen LogP contribution in [0.5, 0.6) is 0 Å². The fourth-order valence-electron chi connectivity index (χ4n) is 4.88. The van der Waals surface area contributed by atoms with Gasteiger partial charge in [0.1, 0.15) is 0 Å². The summed E-state index contributed by atoms with van der Waals surface area (Å²) in [7, 11) is 0. The molecule has 1 radical (unpaired) electrons. The van der Waals surface area contributed by atoms with Crippen molar-refractivity contribution in [3.8, 4) is 22.5 Å². The molecule has 0 bridgehead atoms. The topological polar surface area (TPSA) is 25.8 Å². The van der Waals surface area contributed by atoms with Crippen LogP contribution in [0.1, 0.15) is 29.1 Å². The van der Waals surface area contributed by atoms with Crippen LogP contribution in [-0.2, 0) is 26.5 Å². The molecular weight excluding hydrogens is 749 g/mol. The molecule has 6 aromatic rings. The van der Waals surface area contributed by atoms with Gasteiger partial charge in [-0.25, -0.2) is 0 Å². The van der Waals surface area contributed by atoms with Gasteiger partial charge in [0, 0.05) is 26.3 Å². The van der Waals surface area contributed by atoms with E-state index in [-0.39, 0.29) is 20.1 Å². The van der Waals surface area contributed by atoms with Crippen LogP contribution in [0.15, 0.2) is 109 Å². The summed E-state index contributed by atoms with van der Waals surface area (Å²) in [5.74, 6) is 6.89. The summed E-state index contributed by atoms with van der Waals surface area (Å²) >= 11 is -2.33. The summed E-state index contributed by atoms with van der Waals surface area (Å²) in [5.41, 5.74) is 3.98. The Labute approximate surface area is 270 Å². The zero-order valence-electron chi connectivity index (χ0n) is 27.1. The van der Waals surface area contributed by atoms with Crippen molar-refractivity contribution in [2.75, 3.05) is 0 Å². The van der Waals surface area contributed by atoms with E-state index in [4.69, 9.17) is 7.73 Å². The van der Waals surface area contributed by atoms with E-state index in [2.05, 4.69) is 76.8 Å². The minimum atomic E-state index is -2.33. The minimum absolute atomic E-state index is 0. The van der Waals surface area contributed by atoms with Gasteiger partial charge in [0.05, 0.1) is 0 Å². The van der Waals surface area contributed by atoms with Gasteiger partial charge in [-0.1, -0.05) is 12.1 Å². The number of nitrogens with zero attached hydrogens (tertiary/aromatic N) is 2. The molecule has 0 amide bonds. The van der Waals surface area contributed by atoms with Crippen LogP contribution >= 0.6 is 0 Å². The van der Waals surface area contributed by atoms with Crippen LogP contribution in [0.25, 0.3) is 44.1 Å². The maximum Gasteiger partial charge on any atom is 0.0160 e. The third-order valence-corrected chi connectivity index (χ3v) is 11.1. The second kappa shape index (κ2) is 13.5. The van der Waals surface area contributed by atoms with E-state index < -0.39 is 25.1 Å².